The molecule has 1 heterocycles. The first-order valence-corrected chi connectivity index (χ1v) is 11.3. The molecule has 3 atom stereocenters. The Kier molecular flexibility index (Phi) is 9.81. The van der Waals surface area contributed by atoms with Gasteiger partial charge in [0.1, 0.15) is 11.6 Å². The molecule has 9 heteroatoms. The fraction of sp³-hybridized carbons (Fsp3) is 0.708. The molecule has 0 aliphatic carbocycles. The Labute approximate surface area is 195 Å². The molecule has 0 aromatic carbocycles. The number of nitrogens with zero attached hydrogens (tertiary/aromatic N) is 1. The Hall–Kier alpha value is -2.71. The van der Waals surface area contributed by atoms with Crippen LogP contribution in [0.25, 0.3) is 0 Å². The van der Waals surface area contributed by atoms with Crippen molar-refractivity contribution < 1.29 is 33.8 Å². The minimum Gasteiger partial charge on any atom is -0.475 e. The molecule has 0 radical (unpaired) electrons. The maximum Gasteiger partial charge on any atom is 0.408 e. The summed E-state index contributed by atoms with van der Waals surface area (Å²) in [6, 6.07) is -1.70. The topological polar surface area (TPSA) is 130 Å². The number of hydrogen-bond donors (Lipinski definition) is 2. The summed E-state index contributed by atoms with van der Waals surface area (Å²) in [4.78, 5) is 63.5. The highest BCUT2D eigenvalue weighted by Gasteiger charge is 2.43. The van der Waals surface area contributed by atoms with Crippen LogP contribution in [0.15, 0.2) is 12.7 Å². The molecule has 2 amide bonds. The van der Waals surface area contributed by atoms with E-state index in [0.29, 0.717) is 25.8 Å². The van der Waals surface area contributed by atoms with Crippen LogP contribution in [-0.2, 0) is 23.9 Å². The molecule has 0 spiro atoms. The van der Waals surface area contributed by atoms with Crippen molar-refractivity contribution in [3.8, 4) is 0 Å². The van der Waals surface area contributed by atoms with Crippen LogP contribution in [0.1, 0.15) is 73.6 Å². The molecule has 1 aliphatic rings. The zero-order valence-electron chi connectivity index (χ0n) is 20.6. The lowest BCUT2D eigenvalue weighted by Gasteiger charge is -2.36. The van der Waals surface area contributed by atoms with Gasteiger partial charge in [-0.3, -0.25) is 14.4 Å². The monoisotopic (exact) mass is 466 g/mol. The number of Topliss-reactive ketones (excluding diaryl/α,β-unsaturated/α-hetero) is 2. The van der Waals surface area contributed by atoms with Crippen molar-refractivity contribution in [1.82, 2.24) is 10.2 Å². The van der Waals surface area contributed by atoms with Crippen LogP contribution in [-0.4, -0.2) is 63.8 Å². The van der Waals surface area contributed by atoms with Gasteiger partial charge in [-0.15, -0.1) is 6.58 Å². The van der Waals surface area contributed by atoms with Crippen LogP contribution in [0.2, 0.25) is 0 Å². The Morgan fingerprint density at radius 3 is 2.24 bits per heavy atom. The van der Waals surface area contributed by atoms with Crippen molar-refractivity contribution in [3.05, 3.63) is 12.7 Å². The summed E-state index contributed by atoms with van der Waals surface area (Å²) in [6.45, 7) is 14.5. The first kappa shape index (κ1) is 28.3. The largest absolute Gasteiger partial charge is 0.475 e. The van der Waals surface area contributed by atoms with Crippen molar-refractivity contribution in [2.75, 3.05) is 6.54 Å². The summed E-state index contributed by atoms with van der Waals surface area (Å²) in [7, 11) is 0. The van der Waals surface area contributed by atoms with Crippen molar-refractivity contribution in [3.63, 3.8) is 0 Å². The van der Waals surface area contributed by atoms with Gasteiger partial charge in [-0.25, -0.2) is 9.59 Å². The minimum absolute atomic E-state index is 0.200. The van der Waals surface area contributed by atoms with Gasteiger partial charge in [0.15, 0.2) is 5.78 Å². The summed E-state index contributed by atoms with van der Waals surface area (Å²) in [5, 5.41) is 11.7. The summed E-state index contributed by atoms with van der Waals surface area (Å²) in [5.41, 5.74) is -1.39. The Balaban J connectivity index is 3.04. The van der Waals surface area contributed by atoms with Crippen molar-refractivity contribution in [2.45, 2.75) is 91.3 Å². The van der Waals surface area contributed by atoms with Crippen molar-refractivity contribution in [2.24, 2.45) is 11.3 Å². The third-order valence-corrected chi connectivity index (χ3v) is 5.43. The van der Waals surface area contributed by atoms with E-state index in [1.54, 1.807) is 47.6 Å². The number of ether oxygens (including phenoxy) is 1. The molecule has 1 rings (SSSR count). The second-order valence-corrected chi connectivity index (χ2v) is 10.5. The van der Waals surface area contributed by atoms with E-state index in [-0.39, 0.29) is 18.6 Å². The number of likely N-dealkylation sites (tertiary alicyclic amines) is 1. The van der Waals surface area contributed by atoms with Crippen molar-refractivity contribution >= 4 is 29.5 Å². The molecular formula is C24H38N2O7. The second-order valence-electron chi connectivity index (χ2n) is 10.5. The lowest BCUT2D eigenvalue weighted by atomic mass is 9.85. The number of hydrogen-bond acceptors (Lipinski definition) is 6. The number of carbonyl (C=O) groups excluding carboxylic acids is 4. The molecule has 1 saturated heterocycles. The third-order valence-electron chi connectivity index (χ3n) is 5.43. The zero-order chi connectivity index (χ0) is 25.6. The third kappa shape index (κ3) is 8.63. The number of alkyl carbamates (subject to hydrolysis) is 1. The molecule has 33 heavy (non-hydrogen) atoms. The normalized spacial score (nSPS) is 18.2. The first-order valence-electron chi connectivity index (χ1n) is 11.3. The average molecular weight is 467 g/mol. The van der Waals surface area contributed by atoms with Gasteiger partial charge < -0.3 is 20.1 Å². The molecule has 186 valence electrons. The first-order chi connectivity index (χ1) is 15.1. The summed E-state index contributed by atoms with van der Waals surface area (Å²) in [6.07, 6.45) is 2.19. The van der Waals surface area contributed by atoms with Crippen LogP contribution in [0.4, 0.5) is 4.79 Å². The van der Waals surface area contributed by atoms with Crippen LogP contribution < -0.4 is 5.32 Å². The average Bonchev–Trinajstić information content (AvgIpc) is 3.15. The predicted octanol–water partition coefficient (Wildman–Crippen LogP) is 3.11. The van der Waals surface area contributed by atoms with Crippen LogP contribution in [0.5, 0.6) is 0 Å². The SMILES string of the molecule is C=CCCC(CC(=O)[C@@H]1CCCN1C(=O)[C@@H](NC(=O)OC(C)(C)C)C(C)(C)C)C(=O)C(=O)O. The van der Waals surface area contributed by atoms with E-state index >= 15 is 0 Å². The molecular weight excluding hydrogens is 428 g/mol. The highest BCUT2D eigenvalue weighted by atomic mass is 16.6. The number of nitrogens with one attached hydrogen (secondary N) is 1. The molecule has 1 aliphatic heterocycles. The van der Waals surface area contributed by atoms with E-state index in [1.165, 1.54) is 4.90 Å². The van der Waals surface area contributed by atoms with Crippen LogP contribution in [0, 0.1) is 11.3 Å². The van der Waals surface area contributed by atoms with Crippen LogP contribution in [0.3, 0.4) is 0 Å². The molecule has 0 saturated carbocycles. The molecule has 9 nitrogen and oxygen atoms in total. The van der Waals surface area contributed by atoms with Gasteiger partial charge in [-0.05, 0) is 51.9 Å². The number of amides is 2. The number of allylic oxidation sites excluding steroid dienone is 1. The van der Waals surface area contributed by atoms with E-state index in [1.807, 2.05) is 0 Å². The van der Waals surface area contributed by atoms with Gasteiger partial charge in [0, 0.05) is 18.9 Å². The number of aliphatic carboxylic acids is 1. The molecule has 0 aromatic heterocycles. The fourth-order valence-corrected chi connectivity index (χ4v) is 3.80. The lowest BCUT2D eigenvalue weighted by molar-refractivity contribution is -0.152. The van der Waals surface area contributed by atoms with Gasteiger partial charge >= 0.3 is 12.1 Å². The molecule has 2 N–H and O–H groups in total. The van der Waals surface area contributed by atoms with E-state index in [9.17, 15) is 24.0 Å². The van der Waals surface area contributed by atoms with E-state index in [4.69, 9.17) is 9.84 Å². The minimum atomic E-state index is -1.58. The van der Waals surface area contributed by atoms with E-state index < -0.39 is 52.8 Å². The number of carboxylic acid groups (broad SMARTS) is 1. The summed E-state index contributed by atoms with van der Waals surface area (Å²) < 4.78 is 5.30. The molecule has 1 fully saturated rings. The molecule has 1 unspecified atom stereocenters. The van der Waals surface area contributed by atoms with Gasteiger partial charge in [0.2, 0.25) is 11.7 Å². The quantitative estimate of drug-likeness (QED) is 0.374. The van der Waals surface area contributed by atoms with Crippen molar-refractivity contribution in [1.29, 1.82) is 0 Å². The number of ketones is 2. The van der Waals surface area contributed by atoms with Crippen LogP contribution >= 0.6 is 0 Å². The Morgan fingerprint density at radius 2 is 1.76 bits per heavy atom. The summed E-state index contributed by atoms with van der Waals surface area (Å²) >= 11 is 0. The van der Waals surface area contributed by atoms with Gasteiger partial charge in [-0.1, -0.05) is 26.8 Å². The zero-order valence-corrected chi connectivity index (χ0v) is 20.6. The van der Waals surface area contributed by atoms with Gasteiger partial charge in [0.25, 0.3) is 0 Å². The molecule has 0 bridgehead atoms. The maximum atomic E-state index is 13.4. The smallest absolute Gasteiger partial charge is 0.408 e. The molecule has 0 aromatic rings. The van der Waals surface area contributed by atoms with E-state index in [0.717, 1.165) is 0 Å². The fourth-order valence-electron chi connectivity index (χ4n) is 3.80. The highest BCUT2D eigenvalue weighted by molar-refractivity contribution is 6.33. The number of rotatable bonds is 10. The van der Waals surface area contributed by atoms with E-state index in [2.05, 4.69) is 11.9 Å². The maximum absolute atomic E-state index is 13.4. The highest BCUT2D eigenvalue weighted by Crippen LogP contribution is 2.28. The predicted molar refractivity (Wildman–Crippen MR) is 123 cm³/mol. The lowest BCUT2D eigenvalue weighted by Crippen LogP contribution is -2.57. The second kappa shape index (κ2) is 11.4. The van der Waals surface area contributed by atoms with Gasteiger partial charge in [-0.2, -0.15) is 0 Å². The number of carbonyl (C=O) groups is 5. The Bertz CT molecular complexity index is 777. The standard InChI is InChI=1S/C24H38N2O7/c1-8-9-11-15(18(28)21(30)31)14-17(27)16-12-10-13-26(16)20(29)19(23(2,3)4)25-22(32)33-24(5,6)7/h8,15-16,19H,1,9-14H2,2-7H3,(H,25,32)(H,30,31)/t15?,16-,19+/m0/s1. The summed E-state index contributed by atoms with van der Waals surface area (Å²) in [5.74, 6) is -4.32. The van der Waals surface area contributed by atoms with Gasteiger partial charge in [0.05, 0.1) is 6.04 Å². The Morgan fingerprint density at radius 1 is 1.15 bits per heavy atom. The number of carboxylic acids is 1.